The van der Waals surface area contributed by atoms with E-state index in [1.807, 2.05) is 0 Å². The van der Waals surface area contributed by atoms with Crippen LogP contribution in [0.2, 0.25) is 0 Å². The zero-order valence-electron chi connectivity index (χ0n) is 9.87. The van der Waals surface area contributed by atoms with Crippen molar-refractivity contribution in [2.75, 3.05) is 12.8 Å². The maximum atomic E-state index is 9.44. The van der Waals surface area contributed by atoms with Crippen molar-refractivity contribution >= 4 is 17.1 Å². The molecule has 0 aliphatic rings. The van der Waals surface area contributed by atoms with Gasteiger partial charge in [0.1, 0.15) is 0 Å². The van der Waals surface area contributed by atoms with Gasteiger partial charge >= 0.3 is 0 Å². The molecule has 0 atom stereocenters. The van der Waals surface area contributed by atoms with Gasteiger partial charge < -0.3 is 15.6 Å². The van der Waals surface area contributed by atoms with Crippen molar-refractivity contribution in [1.82, 2.24) is 0 Å². The Labute approximate surface area is 105 Å². The Morgan fingerprint density at radius 1 is 1.00 bits per heavy atom. The van der Waals surface area contributed by atoms with E-state index in [-0.39, 0.29) is 5.75 Å². The number of phenolic OH excluding ortho intramolecular Hbond substituents is 1. The number of phenols is 1. The lowest BCUT2D eigenvalue weighted by Gasteiger charge is -2.02. The highest BCUT2D eigenvalue weighted by Crippen LogP contribution is 2.30. The van der Waals surface area contributed by atoms with E-state index in [1.54, 1.807) is 36.4 Å². The molecule has 0 aliphatic heterocycles. The van der Waals surface area contributed by atoms with Crippen LogP contribution in [-0.2, 0) is 0 Å². The van der Waals surface area contributed by atoms with E-state index in [2.05, 4.69) is 10.2 Å². The molecule has 3 N–H and O–H groups in total. The lowest BCUT2D eigenvalue weighted by molar-refractivity contribution is 0.373. The maximum Gasteiger partial charge on any atom is 0.162 e. The quantitative estimate of drug-likeness (QED) is 0.640. The van der Waals surface area contributed by atoms with Crippen LogP contribution in [0.4, 0.5) is 17.1 Å². The Hall–Kier alpha value is -2.56. The second kappa shape index (κ2) is 5.18. The van der Waals surface area contributed by atoms with E-state index >= 15 is 0 Å². The Morgan fingerprint density at radius 2 is 1.61 bits per heavy atom. The molecule has 0 saturated carbocycles. The number of nitrogens with zero attached hydrogens (tertiary/aromatic N) is 2. The van der Waals surface area contributed by atoms with E-state index in [0.717, 1.165) is 0 Å². The molecule has 0 fully saturated rings. The highest BCUT2D eigenvalue weighted by Gasteiger charge is 2.01. The molecular formula is C13H13N3O2. The summed E-state index contributed by atoms with van der Waals surface area (Å²) in [5.74, 6) is 0.438. The first-order valence-corrected chi connectivity index (χ1v) is 5.33. The molecule has 0 aliphatic carbocycles. The van der Waals surface area contributed by atoms with Gasteiger partial charge in [-0.15, -0.1) is 0 Å². The van der Waals surface area contributed by atoms with Crippen LogP contribution in [0, 0.1) is 0 Å². The highest BCUT2D eigenvalue weighted by molar-refractivity contribution is 5.51. The van der Waals surface area contributed by atoms with Gasteiger partial charge in [0.2, 0.25) is 0 Å². The van der Waals surface area contributed by atoms with Gasteiger partial charge in [0.05, 0.1) is 18.5 Å². The normalized spacial score (nSPS) is 10.7. The van der Waals surface area contributed by atoms with E-state index in [0.29, 0.717) is 22.8 Å². The average Bonchev–Trinajstić information content (AvgIpc) is 2.39. The molecule has 0 radical (unpaired) electrons. The lowest BCUT2D eigenvalue weighted by atomic mass is 10.3. The SMILES string of the molecule is COc1cc(N=Nc2ccc(N)cc2)ccc1O. The molecule has 0 bridgehead atoms. The number of methoxy groups -OCH3 is 1. The first-order valence-electron chi connectivity index (χ1n) is 5.33. The van der Waals surface area contributed by atoms with Crippen molar-refractivity contribution in [3.8, 4) is 11.5 Å². The van der Waals surface area contributed by atoms with Crippen molar-refractivity contribution in [3.05, 3.63) is 42.5 Å². The number of anilines is 1. The number of ether oxygens (including phenoxy) is 1. The Kier molecular flexibility index (Phi) is 3.43. The zero-order chi connectivity index (χ0) is 13.0. The number of nitrogens with two attached hydrogens (primary N) is 1. The van der Waals surface area contributed by atoms with E-state index in [4.69, 9.17) is 10.5 Å². The fraction of sp³-hybridized carbons (Fsp3) is 0.0769. The van der Waals surface area contributed by atoms with Crippen molar-refractivity contribution in [2.45, 2.75) is 0 Å². The molecule has 0 spiro atoms. The van der Waals surface area contributed by atoms with Gasteiger partial charge in [0.25, 0.3) is 0 Å². The van der Waals surface area contributed by atoms with Crippen LogP contribution in [-0.4, -0.2) is 12.2 Å². The fourth-order valence-electron chi connectivity index (χ4n) is 1.38. The molecule has 2 rings (SSSR count). The summed E-state index contributed by atoms with van der Waals surface area (Å²) in [4.78, 5) is 0. The second-order valence-corrected chi connectivity index (χ2v) is 3.65. The minimum Gasteiger partial charge on any atom is -0.504 e. The summed E-state index contributed by atoms with van der Waals surface area (Å²) in [5.41, 5.74) is 7.56. The third-order valence-electron chi connectivity index (χ3n) is 2.34. The molecule has 0 heterocycles. The second-order valence-electron chi connectivity index (χ2n) is 3.65. The number of nitrogen functional groups attached to an aromatic ring is 1. The van der Waals surface area contributed by atoms with Gasteiger partial charge in [-0.1, -0.05) is 0 Å². The minimum atomic E-state index is 0.0731. The maximum absolute atomic E-state index is 9.44. The first kappa shape index (κ1) is 11.9. The number of hydrogen-bond acceptors (Lipinski definition) is 5. The van der Waals surface area contributed by atoms with Gasteiger partial charge in [0, 0.05) is 11.8 Å². The largest absolute Gasteiger partial charge is 0.504 e. The summed E-state index contributed by atoms with van der Waals surface area (Å²) < 4.78 is 4.99. The van der Waals surface area contributed by atoms with Gasteiger partial charge in [-0.2, -0.15) is 10.2 Å². The van der Waals surface area contributed by atoms with Crippen LogP contribution in [0.3, 0.4) is 0 Å². The van der Waals surface area contributed by atoms with E-state index in [9.17, 15) is 5.11 Å². The summed E-state index contributed by atoms with van der Waals surface area (Å²) >= 11 is 0. The third-order valence-corrected chi connectivity index (χ3v) is 2.34. The predicted octanol–water partition coefficient (Wildman–Crippen LogP) is 3.40. The van der Waals surface area contributed by atoms with Crippen LogP contribution < -0.4 is 10.5 Å². The molecular weight excluding hydrogens is 230 g/mol. The van der Waals surface area contributed by atoms with Crippen molar-refractivity contribution < 1.29 is 9.84 Å². The predicted molar refractivity (Wildman–Crippen MR) is 69.7 cm³/mol. The van der Waals surface area contributed by atoms with Crippen LogP contribution in [0.15, 0.2) is 52.7 Å². The van der Waals surface area contributed by atoms with Crippen LogP contribution in [0.1, 0.15) is 0 Å². The molecule has 5 heteroatoms. The van der Waals surface area contributed by atoms with Crippen molar-refractivity contribution in [2.24, 2.45) is 10.2 Å². The molecule has 0 saturated heterocycles. The summed E-state index contributed by atoms with van der Waals surface area (Å²) in [7, 11) is 1.48. The number of rotatable bonds is 3. The highest BCUT2D eigenvalue weighted by atomic mass is 16.5. The zero-order valence-corrected chi connectivity index (χ0v) is 9.87. The first-order chi connectivity index (χ1) is 8.69. The van der Waals surface area contributed by atoms with E-state index < -0.39 is 0 Å². The Bertz CT molecular complexity index is 565. The fourth-order valence-corrected chi connectivity index (χ4v) is 1.38. The molecule has 0 amide bonds. The summed E-state index contributed by atoms with van der Waals surface area (Å²) in [5, 5.41) is 17.5. The van der Waals surface area contributed by atoms with Gasteiger partial charge in [-0.3, -0.25) is 0 Å². The Morgan fingerprint density at radius 3 is 2.28 bits per heavy atom. The number of aromatic hydroxyl groups is 1. The number of azo groups is 1. The molecule has 2 aromatic rings. The number of hydrogen-bond donors (Lipinski definition) is 2. The summed E-state index contributed by atoms with van der Waals surface area (Å²) in [6, 6.07) is 11.8. The molecule has 0 unspecified atom stereocenters. The van der Waals surface area contributed by atoms with Crippen LogP contribution in [0.25, 0.3) is 0 Å². The summed E-state index contributed by atoms with van der Waals surface area (Å²) in [6.45, 7) is 0. The third kappa shape index (κ3) is 2.76. The van der Waals surface area contributed by atoms with Gasteiger partial charge in [-0.25, -0.2) is 0 Å². The standard InChI is InChI=1S/C13H13N3O2/c1-18-13-8-11(6-7-12(13)17)16-15-10-4-2-9(14)3-5-10/h2-8,17H,14H2,1H3. The van der Waals surface area contributed by atoms with Gasteiger partial charge in [0.15, 0.2) is 11.5 Å². The van der Waals surface area contributed by atoms with Crippen LogP contribution >= 0.6 is 0 Å². The lowest BCUT2D eigenvalue weighted by Crippen LogP contribution is -1.82. The topological polar surface area (TPSA) is 80.2 Å². The van der Waals surface area contributed by atoms with Crippen molar-refractivity contribution in [3.63, 3.8) is 0 Å². The number of benzene rings is 2. The minimum absolute atomic E-state index is 0.0731. The molecule has 92 valence electrons. The molecule has 2 aromatic carbocycles. The monoisotopic (exact) mass is 243 g/mol. The van der Waals surface area contributed by atoms with Gasteiger partial charge in [-0.05, 0) is 36.4 Å². The molecule has 5 nitrogen and oxygen atoms in total. The van der Waals surface area contributed by atoms with Crippen LogP contribution in [0.5, 0.6) is 11.5 Å². The average molecular weight is 243 g/mol. The van der Waals surface area contributed by atoms with E-state index in [1.165, 1.54) is 13.2 Å². The molecule has 0 aromatic heterocycles. The summed E-state index contributed by atoms with van der Waals surface area (Å²) in [6.07, 6.45) is 0. The smallest absolute Gasteiger partial charge is 0.162 e. The molecule has 18 heavy (non-hydrogen) atoms. The van der Waals surface area contributed by atoms with Crippen molar-refractivity contribution in [1.29, 1.82) is 0 Å². The Balaban J connectivity index is 2.20.